The van der Waals surface area contributed by atoms with Crippen LogP contribution >= 0.6 is 0 Å². The van der Waals surface area contributed by atoms with Crippen molar-refractivity contribution in [2.75, 3.05) is 0 Å². The van der Waals surface area contributed by atoms with Crippen molar-refractivity contribution < 1.29 is 4.79 Å². The molecule has 1 aromatic rings. The Balaban J connectivity index is 2.78. The monoisotopic (exact) mass is 190 g/mol. The molecule has 14 heavy (non-hydrogen) atoms. The summed E-state index contributed by atoms with van der Waals surface area (Å²) >= 11 is 0. The predicted molar refractivity (Wildman–Crippen MR) is 56.5 cm³/mol. The highest BCUT2D eigenvalue weighted by Crippen LogP contribution is 2.12. The Morgan fingerprint density at radius 2 is 2.00 bits per heavy atom. The van der Waals surface area contributed by atoms with Crippen molar-refractivity contribution in [3.8, 4) is 0 Å². The van der Waals surface area contributed by atoms with Gasteiger partial charge in [-0.25, -0.2) is 0 Å². The predicted octanol–water partition coefficient (Wildman–Crippen LogP) is 0.900. The Labute approximate surface area is 83.4 Å². The van der Waals surface area contributed by atoms with Gasteiger partial charge in [-0.3, -0.25) is 4.79 Å². The zero-order valence-corrected chi connectivity index (χ0v) is 7.94. The summed E-state index contributed by atoms with van der Waals surface area (Å²) in [7, 11) is 0. The van der Waals surface area contributed by atoms with Gasteiger partial charge in [0.05, 0.1) is 6.42 Å². The summed E-state index contributed by atoms with van der Waals surface area (Å²) in [4.78, 5) is 10.6. The van der Waals surface area contributed by atoms with Gasteiger partial charge in [-0.05, 0) is 11.1 Å². The molecule has 1 unspecified atom stereocenters. The van der Waals surface area contributed by atoms with E-state index >= 15 is 0 Å². The molecule has 0 spiro atoms. The number of amides is 1. The maximum absolute atomic E-state index is 10.6. The molecule has 4 N–H and O–H groups in total. The minimum absolute atomic E-state index is 0.155. The molecule has 0 aliphatic heterocycles. The van der Waals surface area contributed by atoms with Crippen LogP contribution in [0.1, 0.15) is 17.2 Å². The number of carbonyl (C=O) groups is 1. The van der Waals surface area contributed by atoms with E-state index < -0.39 is 0 Å². The van der Waals surface area contributed by atoms with Crippen LogP contribution in [0.15, 0.2) is 36.9 Å². The van der Waals surface area contributed by atoms with Gasteiger partial charge in [0.25, 0.3) is 0 Å². The molecule has 0 saturated carbocycles. The quantitative estimate of drug-likeness (QED) is 0.692. The van der Waals surface area contributed by atoms with Crippen LogP contribution in [-0.4, -0.2) is 5.91 Å². The van der Waals surface area contributed by atoms with Crippen LogP contribution in [0.3, 0.4) is 0 Å². The number of carbonyl (C=O) groups excluding carboxylic acids is 1. The topological polar surface area (TPSA) is 69.1 Å². The molecule has 1 rings (SSSR count). The lowest BCUT2D eigenvalue weighted by Crippen LogP contribution is -2.13. The van der Waals surface area contributed by atoms with Crippen molar-refractivity contribution in [3.63, 3.8) is 0 Å². The summed E-state index contributed by atoms with van der Waals surface area (Å²) in [5.74, 6) is -0.328. The van der Waals surface area contributed by atoms with Crippen LogP contribution in [0.4, 0.5) is 0 Å². The molecule has 1 atom stereocenters. The number of benzene rings is 1. The smallest absolute Gasteiger partial charge is 0.221 e. The fraction of sp³-hybridized carbons (Fsp3) is 0.182. The molecule has 0 aliphatic carbocycles. The molecule has 3 heteroatoms. The average Bonchev–Trinajstić information content (AvgIpc) is 2.17. The molecule has 1 aromatic carbocycles. The number of hydrogen-bond acceptors (Lipinski definition) is 2. The summed E-state index contributed by atoms with van der Waals surface area (Å²) < 4.78 is 0. The third kappa shape index (κ3) is 2.71. The SMILES string of the molecule is C=CC(N)c1ccc(CC(N)=O)cc1. The van der Waals surface area contributed by atoms with E-state index in [4.69, 9.17) is 11.5 Å². The van der Waals surface area contributed by atoms with Gasteiger partial charge in [0, 0.05) is 6.04 Å². The molecule has 3 nitrogen and oxygen atoms in total. The number of hydrogen-bond donors (Lipinski definition) is 2. The lowest BCUT2D eigenvalue weighted by molar-refractivity contribution is -0.117. The maximum Gasteiger partial charge on any atom is 0.221 e. The molecule has 0 aromatic heterocycles. The summed E-state index contributed by atoms with van der Waals surface area (Å²) in [6.45, 7) is 3.61. The Morgan fingerprint density at radius 1 is 1.43 bits per heavy atom. The van der Waals surface area contributed by atoms with Crippen molar-refractivity contribution in [2.45, 2.75) is 12.5 Å². The highest BCUT2D eigenvalue weighted by molar-refractivity contribution is 5.76. The standard InChI is InChI=1S/C11H14N2O/c1-2-10(12)9-5-3-8(4-6-9)7-11(13)14/h2-6,10H,1,7,12H2,(H2,13,14). The van der Waals surface area contributed by atoms with Crippen LogP contribution < -0.4 is 11.5 Å². The summed E-state index contributed by atoms with van der Waals surface area (Å²) in [6.07, 6.45) is 1.94. The van der Waals surface area contributed by atoms with Crippen molar-refractivity contribution in [1.29, 1.82) is 0 Å². The molecule has 74 valence electrons. The first-order valence-corrected chi connectivity index (χ1v) is 4.38. The zero-order valence-electron chi connectivity index (χ0n) is 7.94. The fourth-order valence-electron chi connectivity index (χ4n) is 1.19. The van der Waals surface area contributed by atoms with Crippen LogP contribution in [-0.2, 0) is 11.2 Å². The number of nitrogens with two attached hydrogens (primary N) is 2. The molecule has 0 saturated heterocycles. The Morgan fingerprint density at radius 3 is 2.43 bits per heavy atom. The average molecular weight is 190 g/mol. The molecular weight excluding hydrogens is 176 g/mol. The normalized spacial score (nSPS) is 12.1. The zero-order chi connectivity index (χ0) is 10.6. The first kappa shape index (κ1) is 10.5. The van der Waals surface area contributed by atoms with Gasteiger partial charge in [0.1, 0.15) is 0 Å². The molecule has 0 aliphatic rings. The highest BCUT2D eigenvalue weighted by Gasteiger charge is 2.02. The highest BCUT2D eigenvalue weighted by atomic mass is 16.1. The lowest BCUT2D eigenvalue weighted by atomic mass is 10.0. The third-order valence-corrected chi connectivity index (χ3v) is 2.00. The molecule has 0 heterocycles. The van der Waals surface area contributed by atoms with Gasteiger partial charge >= 0.3 is 0 Å². The number of rotatable bonds is 4. The van der Waals surface area contributed by atoms with Gasteiger partial charge in [-0.1, -0.05) is 30.3 Å². The summed E-state index contributed by atoms with van der Waals surface area (Å²) in [5, 5.41) is 0. The van der Waals surface area contributed by atoms with Gasteiger partial charge < -0.3 is 11.5 Å². The van der Waals surface area contributed by atoms with Crippen LogP contribution in [0, 0.1) is 0 Å². The fourth-order valence-corrected chi connectivity index (χ4v) is 1.19. The van der Waals surface area contributed by atoms with Gasteiger partial charge in [0.15, 0.2) is 0 Å². The van der Waals surface area contributed by atoms with Gasteiger partial charge in [-0.2, -0.15) is 0 Å². The van der Waals surface area contributed by atoms with Crippen molar-refractivity contribution in [2.24, 2.45) is 11.5 Å². The second-order valence-corrected chi connectivity index (χ2v) is 3.15. The van der Waals surface area contributed by atoms with E-state index in [1.165, 1.54) is 0 Å². The molecular formula is C11H14N2O. The van der Waals surface area contributed by atoms with E-state index in [-0.39, 0.29) is 18.4 Å². The maximum atomic E-state index is 10.6. The van der Waals surface area contributed by atoms with E-state index in [2.05, 4.69) is 6.58 Å². The van der Waals surface area contributed by atoms with Gasteiger partial charge in [-0.15, -0.1) is 6.58 Å². The van der Waals surface area contributed by atoms with Crippen LogP contribution in [0.2, 0.25) is 0 Å². The third-order valence-electron chi connectivity index (χ3n) is 2.00. The van der Waals surface area contributed by atoms with E-state index in [1.54, 1.807) is 6.08 Å². The molecule has 1 amide bonds. The first-order valence-electron chi connectivity index (χ1n) is 4.38. The van der Waals surface area contributed by atoms with Crippen molar-refractivity contribution in [1.82, 2.24) is 0 Å². The second kappa shape index (κ2) is 4.58. The Bertz CT molecular complexity index is 330. The lowest BCUT2D eigenvalue weighted by Gasteiger charge is -2.06. The minimum atomic E-state index is -0.328. The largest absolute Gasteiger partial charge is 0.369 e. The van der Waals surface area contributed by atoms with Gasteiger partial charge in [0.2, 0.25) is 5.91 Å². The molecule has 0 fully saturated rings. The van der Waals surface area contributed by atoms with E-state index in [0.29, 0.717) is 0 Å². The summed E-state index contributed by atoms with van der Waals surface area (Å²) in [5.41, 5.74) is 12.7. The molecule has 0 bridgehead atoms. The van der Waals surface area contributed by atoms with Crippen molar-refractivity contribution >= 4 is 5.91 Å². The minimum Gasteiger partial charge on any atom is -0.369 e. The van der Waals surface area contributed by atoms with Crippen LogP contribution in [0.5, 0.6) is 0 Å². The first-order chi connectivity index (χ1) is 6.63. The second-order valence-electron chi connectivity index (χ2n) is 3.15. The van der Waals surface area contributed by atoms with E-state index in [9.17, 15) is 4.79 Å². The molecule has 0 radical (unpaired) electrons. The van der Waals surface area contributed by atoms with Crippen LogP contribution in [0.25, 0.3) is 0 Å². The Hall–Kier alpha value is -1.61. The Kier molecular flexibility index (Phi) is 3.42. The number of primary amides is 1. The van der Waals surface area contributed by atoms with Crippen molar-refractivity contribution in [3.05, 3.63) is 48.0 Å². The van der Waals surface area contributed by atoms with E-state index in [0.717, 1.165) is 11.1 Å². The summed E-state index contributed by atoms with van der Waals surface area (Å²) in [6, 6.07) is 7.31. The van der Waals surface area contributed by atoms with E-state index in [1.807, 2.05) is 24.3 Å².